The minimum Gasteiger partial charge on any atom is -0.508 e. The summed E-state index contributed by atoms with van der Waals surface area (Å²) in [6, 6.07) is 4.97. The van der Waals surface area contributed by atoms with Crippen LogP contribution in [0.15, 0.2) is 18.2 Å². The number of nitrogens with one attached hydrogen (secondary N) is 1. The molecule has 2 rings (SSSR count). The van der Waals surface area contributed by atoms with Crippen molar-refractivity contribution in [3.05, 3.63) is 23.8 Å². The summed E-state index contributed by atoms with van der Waals surface area (Å²) in [4.78, 5) is 12.0. The third kappa shape index (κ3) is 4.66. The molecule has 1 saturated carbocycles. The number of amides is 1. The zero-order valence-electron chi connectivity index (χ0n) is 12.6. The molecule has 1 atom stereocenters. The molecule has 1 fully saturated rings. The van der Waals surface area contributed by atoms with Gasteiger partial charge in [-0.25, -0.2) is 0 Å². The van der Waals surface area contributed by atoms with Crippen LogP contribution < -0.4 is 5.32 Å². The van der Waals surface area contributed by atoms with Crippen molar-refractivity contribution in [3.8, 4) is 11.5 Å². The predicted octanol–water partition coefficient (Wildman–Crippen LogP) is 3.43. The van der Waals surface area contributed by atoms with Gasteiger partial charge in [0.15, 0.2) is 0 Å². The molecule has 0 heterocycles. The molecule has 1 amide bonds. The molecule has 1 aromatic rings. The maximum absolute atomic E-state index is 12.0. The van der Waals surface area contributed by atoms with Crippen LogP contribution in [-0.2, 0) is 4.79 Å². The minimum atomic E-state index is 0.0542. The molecule has 0 aromatic heterocycles. The topological polar surface area (TPSA) is 69.6 Å². The molecule has 1 aliphatic carbocycles. The lowest BCUT2D eigenvalue weighted by molar-refractivity contribution is -0.122. The Morgan fingerprint density at radius 1 is 1.29 bits per heavy atom. The highest BCUT2D eigenvalue weighted by molar-refractivity contribution is 5.76. The summed E-state index contributed by atoms with van der Waals surface area (Å²) in [5, 5.41) is 22.2. The fourth-order valence-electron chi connectivity index (χ4n) is 3.00. The van der Waals surface area contributed by atoms with Gasteiger partial charge < -0.3 is 15.5 Å². The van der Waals surface area contributed by atoms with Gasteiger partial charge in [-0.1, -0.05) is 32.3 Å². The SMILES string of the molecule is CC(CCC(=O)NC1CCCCC1)c1ccc(O)cc1O. The zero-order chi connectivity index (χ0) is 15.2. The Balaban J connectivity index is 1.80. The molecule has 3 N–H and O–H groups in total. The van der Waals surface area contributed by atoms with Crippen molar-refractivity contribution in [2.75, 3.05) is 0 Å². The second-order valence-corrected chi connectivity index (χ2v) is 6.09. The van der Waals surface area contributed by atoms with Crippen LogP contribution in [0, 0.1) is 0 Å². The van der Waals surface area contributed by atoms with Gasteiger partial charge >= 0.3 is 0 Å². The molecular weight excluding hydrogens is 266 g/mol. The molecule has 0 radical (unpaired) electrons. The van der Waals surface area contributed by atoms with Crippen LogP contribution in [0.25, 0.3) is 0 Å². The van der Waals surface area contributed by atoms with Gasteiger partial charge in [-0.15, -0.1) is 0 Å². The van der Waals surface area contributed by atoms with Gasteiger partial charge in [0.25, 0.3) is 0 Å². The summed E-state index contributed by atoms with van der Waals surface area (Å²) in [6.07, 6.45) is 7.06. The van der Waals surface area contributed by atoms with Gasteiger partial charge in [-0.2, -0.15) is 0 Å². The summed E-state index contributed by atoms with van der Waals surface area (Å²) in [7, 11) is 0. The van der Waals surface area contributed by atoms with Crippen LogP contribution in [0.4, 0.5) is 0 Å². The number of aromatic hydroxyl groups is 2. The fraction of sp³-hybridized carbons (Fsp3) is 0.588. The Labute approximate surface area is 126 Å². The molecule has 0 saturated heterocycles. The molecule has 0 spiro atoms. The first-order valence-electron chi connectivity index (χ1n) is 7.87. The number of hydrogen-bond acceptors (Lipinski definition) is 3. The second-order valence-electron chi connectivity index (χ2n) is 6.09. The lowest BCUT2D eigenvalue weighted by atomic mass is 9.93. The quantitative estimate of drug-likeness (QED) is 0.778. The Kier molecular flexibility index (Phi) is 5.48. The van der Waals surface area contributed by atoms with Crippen LogP contribution in [0.3, 0.4) is 0 Å². The lowest BCUT2D eigenvalue weighted by Gasteiger charge is -2.23. The number of benzene rings is 1. The average Bonchev–Trinajstić information content (AvgIpc) is 2.46. The second kappa shape index (κ2) is 7.34. The molecule has 4 nitrogen and oxygen atoms in total. The van der Waals surface area contributed by atoms with Crippen molar-refractivity contribution in [3.63, 3.8) is 0 Å². The van der Waals surface area contributed by atoms with Crippen molar-refractivity contribution < 1.29 is 15.0 Å². The van der Waals surface area contributed by atoms with Crippen LogP contribution in [0.5, 0.6) is 11.5 Å². The maximum atomic E-state index is 12.0. The van der Waals surface area contributed by atoms with E-state index in [1.165, 1.54) is 25.3 Å². The normalized spacial score (nSPS) is 17.4. The van der Waals surface area contributed by atoms with Gasteiger partial charge in [-0.3, -0.25) is 4.79 Å². The molecule has 1 unspecified atom stereocenters. The van der Waals surface area contributed by atoms with E-state index >= 15 is 0 Å². The van der Waals surface area contributed by atoms with Crippen LogP contribution in [-0.4, -0.2) is 22.2 Å². The molecule has 1 aromatic carbocycles. The predicted molar refractivity (Wildman–Crippen MR) is 82.4 cm³/mol. The van der Waals surface area contributed by atoms with Gasteiger partial charge in [0.05, 0.1) is 0 Å². The molecule has 0 bridgehead atoms. The van der Waals surface area contributed by atoms with Crippen molar-refractivity contribution in [2.24, 2.45) is 0 Å². The number of rotatable bonds is 5. The van der Waals surface area contributed by atoms with E-state index in [9.17, 15) is 15.0 Å². The molecular formula is C17H25NO3. The average molecular weight is 291 g/mol. The fourth-order valence-corrected chi connectivity index (χ4v) is 3.00. The van der Waals surface area contributed by atoms with Gasteiger partial charge in [0, 0.05) is 18.5 Å². The number of carbonyl (C=O) groups is 1. The molecule has 21 heavy (non-hydrogen) atoms. The largest absolute Gasteiger partial charge is 0.508 e. The van der Waals surface area contributed by atoms with Crippen LogP contribution in [0.2, 0.25) is 0 Å². The first-order valence-corrected chi connectivity index (χ1v) is 7.87. The van der Waals surface area contributed by atoms with E-state index in [4.69, 9.17) is 0 Å². The van der Waals surface area contributed by atoms with E-state index in [2.05, 4.69) is 5.32 Å². The van der Waals surface area contributed by atoms with Gasteiger partial charge in [0.1, 0.15) is 11.5 Å². The third-order valence-corrected chi connectivity index (χ3v) is 4.32. The summed E-state index contributed by atoms with van der Waals surface area (Å²) in [5.41, 5.74) is 0.776. The number of hydrogen-bond donors (Lipinski definition) is 3. The van der Waals surface area contributed by atoms with Crippen LogP contribution >= 0.6 is 0 Å². The molecule has 1 aliphatic rings. The van der Waals surface area contributed by atoms with Crippen molar-refractivity contribution in [1.82, 2.24) is 5.32 Å². The lowest BCUT2D eigenvalue weighted by Crippen LogP contribution is -2.36. The zero-order valence-corrected chi connectivity index (χ0v) is 12.6. The maximum Gasteiger partial charge on any atom is 0.220 e. The van der Waals surface area contributed by atoms with Gasteiger partial charge in [-0.05, 0) is 36.8 Å². The van der Waals surface area contributed by atoms with E-state index in [0.29, 0.717) is 18.9 Å². The summed E-state index contributed by atoms with van der Waals surface area (Å²) in [5.74, 6) is 0.336. The Hall–Kier alpha value is -1.71. The highest BCUT2D eigenvalue weighted by Gasteiger charge is 2.17. The van der Waals surface area contributed by atoms with E-state index in [0.717, 1.165) is 18.4 Å². The highest BCUT2D eigenvalue weighted by Crippen LogP contribution is 2.31. The summed E-state index contributed by atoms with van der Waals surface area (Å²) in [6.45, 7) is 1.99. The standard InChI is InChI=1S/C17H25NO3/c1-12(15-9-8-14(19)11-16(15)20)7-10-17(21)18-13-5-3-2-4-6-13/h8-9,11-13,19-20H,2-7,10H2,1H3,(H,18,21). The third-order valence-electron chi connectivity index (χ3n) is 4.32. The number of carbonyl (C=O) groups excluding carboxylic acids is 1. The van der Waals surface area contributed by atoms with Gasteiger partial charge in [0.2, 0.25) is 5.91 Å². The monoisotopic (exact) mass is 291 g/mol. The van der Waals surface area contributed by atoms with E-state index in [-0.39, 0.29) is 23.3 Å². The van der Waals surface area contributed by atoms with E-state index in [1.54, 1.807) is 12.1 Å². The first kappa shape index (κ1) is 15.7. The molecule has 4 heteroatoms. The smallest absolute Gasteiger partial charge is 0.220 e. The summed E-state index contributed by atoms with van der Waals surface area (Å²) < 4.78 is 0. The molecule has 116 valence electrons. The van der Waals surface area contributed by atoms with Crippen LogP contribution in [0.1, 0.15) is 63.4 Å². The Bertz CT molecular complexity index is 481. The van der Waals surface area contributed by atoms with Crippen molar-refractivity contribution in [2.45, 2.75) is 63.8 Å². The Morgan fingerprint density at radius 2 is 2.00 bits per heavy atom. The summed E-state index contributed by atoms with van der Waals surface area (Å²) >= 11 is 0. The minimum absolute atomic E-state index is 0.0542. The number of phenolic OH excluding ortho intramolecular Hbond substituents is 2. The van der Waals surface area contributed by atoms with Crippen molar-refractivity contribution >= 4 is 5.91 Å². The molecule has 0 aliphatic heterocycles. The van der Waals surface area contributed by atoms with E-state index < -0.39 is 0 Å². The highest BCUT2D eigenvalue weighted by atomic mass is 16.3. The van der Waals surface area contributed by atoms with Crippen molar-refractivity contribution in [1.29, 1.82) is 0 Å². The number of phenols is 2. The van der Waals surface area contributed by atoms with E-state index in [1.807, 2.05) is 6.92 Å². The first-order chi connectivity index (χ1) is 10.1. The Morgan fingerprint density at radius 3 is 2.67 bits per heavy atom.